The van der Waals surface area contributed by atoms with E-state index in [0.29, 0.717) is 25.5 Å². The number of carbonyl (C=O) groups excluding carboxylic acids is 2. The highest BCUT2D eigenvalue weighted by Crippen LogP contribution is 2.31. The molecular weight excluding hydrogens is 274 g/mol. The SMILES string of the molecule is COC(=O)[C@@H]1C[C@@H](OCC2CC2)CN1C(=O)OC(C)(C)C. The summed E-state index contributed by atoms with van der Waals surface area (Å²) < 4.78 is 15.9. The van der Waals surface area contributed by atoms with Crippen LogP contribution in [0.15, 0.2) is 0 Å². The number of esters is 1. The molecule has 0 N–H and O–H groups in total. The molecule has 2 atom stereocenters. The lowest BCUT2D eigenvalue weighted by Gasteiger charge is -2.27. The normalized spacial score (nSPS) is 25.8. The minimum atomic E-state index is -0.617. The first-order chi connectivity index (χ1) is 9.80. The summed E-state index contributed by atoms with van der Waals surface area (Å²) in [4.78, 5) is 25.5. The molecule has 0 unspecified atom stereocenters. The highest BCUT2D eigenvalue weighted by molar-refractivity contribution is 5.82. The minimum Gasteiger partial charge on any atom is -0.467 e. The largest absolute Gasteiger partial charge is 0.467 e. The minimum absolute atomic E-state index is 0.123. The molecular formula is C15H25NO5. The fourth-order valence-corrected chi connectivity index (χ4v) is 2.36. The average molecular weight is 299 g/mol. The van der Waals surface area contributed by atoms with Crippen molar-refractivity contribution in [1.82, 2.24) is 4.90 Å². The van der Waals surface area contributed by atoms with E-state index in [9.17, 15) is 9.59 Å². The topological polar surface area (TPSA) is 65.1 Å². The molecule has 1 amide bonds. The Morgan fingerprint density at radius 1 is 1.24 bits per heavy atom. The van der Waals surface area contributed by atoms with E-state index >= 15 is 0 Å². The number of rotatable bonds is 4. The van der Waals surface area contributed by atoms with Crippen LogP contribution in [0.4, 0.5) is 4.79 Å². The molecule has 120 valence electrons. The van der Waals surface area contributed by atoms with Crippen LogP contribution in [0.25, 0.3) is 0 Å². The fourth-order valence-electron chi connectivity index (χ4n) is 2.36. The molecule has 2 rings (SSSR count). The lowest BCUT2D eigenvalue weighted by molar-refractivity contribution is -0.145. The molecule has 1 saturated heterocycles. The van der Waals surface area contributed by atoms with Crippen LogP contribution < -0.4 is 0 Å². The van der Waals surface area contributed by atoms with Gasteiger partial charge < -0.3 is 14.2 Å². The summed E-state index contributed by atoms with van der Waals surface area (Å²) in [6.45, 7) is 6.49. The summed E-state index contributed by atoms with van der Waals surface area (Å²) in [5.41, 5.74) is -0.593. The monoisotopic (exact) mass is 299 g/mol. The van der Waals surface area contributed by atoms with Crippen LogP contribution >= 0.6 is 0 Å². The molecule has 1 saturated carbocycles. The van der Waals surface area contributed by atoms with Crippen molar-refractivity contribution < 1.29 is 23.8 Å². The molecule has 1 heterocycles. The number of nitrogens with zero attached hydrogens (tertiary/aromatic N) is 1. The Morgan fingerprint density at radius 2 is 1.90 bits per heavy atom. The summed E-state index contributed by atoms with van der Waals surface area (Å²) in [6.07, 6.45) is 2.28. The van der Waals surface area contributed by atoms with Crippen molar-refractivity contribution in [1.29, 1.82) is 0 Å². The molecule has 6 nitrogen and oxygen atoms in total. The van der Waals surface area contributed by atoms with Crippen molar-refractivity contribution in [3.05, 3.63) is 0 Å². The Labute approximate surface area is 125 Å². The lowest BCUT2D eigenvalue weighted by atomic mass is 10.2. The molecule has 0 aromatic carbocycles. The zero-order valence-electron chi connectivity index (χ0n) is 13.3. The van der Waals surface area contributed by atoms with Crippen molar-refractivity contribution >= 4 is 12.1 Å². The zero-order valence-corrected chi connectivity index (χ0v) is 13.3. The molecule has 2 fully saturated rings. The van der Waals surface area contributed by atoms with Gasteiger partial charge in [0.1, 0.15) is 11.6 Å². The summed E-state index contributed by atoms with van der Waals surface area (Å²) in [6, 6.07) is -0.617. The van der Waals surface area contributed by atoms with Gasteiger partial charge >= 0.3 is 12.1 Å². The Hall–Kier alpha value is -1.30. The second-order valence-electron chi connectivity index (χ2n) is 6.81. The van der Waals surface area contributed by atoms with E-state index in [2.05, 4.69) is 0 Å². The Morgan fingerprint density at radius 3 is 2.43 bits per heavy atom. The number of hydrogen-bond acceptors (Lipinski definition) is 5. The van der Waals surface area contributed by atoms with Crippen LogP contribution in [0.2, 0.25) is 0 Å². The van der Waals surface area contributed by atoms with E-state index in [4.69, 9.17) is 14.2 Å². The molecule has 0 bridgehead atoms. The van der Waals surface area contributed by atoms with Gasteiger partial charge in [0.2, 0.25) is 0 Å². The van der Waals surface area contributed by atoms with Crippen LogP contribution in [-0.4, -0.2) is 55.0 Å². The first-order valence-corrected chi connectivity index (χ1v) is 7.49. The quantitative estimate of drug-likeness (QED) is 0.743. The van der Waals surface area contributed by atoms with E-state index in [1.165, 1.54) is 24.9 Å². The molecule has 1 aliphatic heterocycles. The summed E-state index contributed by atoms with van der Waals surface area (Å²) >= 11 is 0. The summed E-state index contributed by atoms with van der Waals surface area (Å²) in [5.74, 6) is 0.232. The van der Waals surface area contributed by atoms with Gasteiger partial charge in [-0.25, -0.2) is 9.59 Å². The van der Waals surface area contributed by atoms with Crippen LogP contribution in [0.5, 0.6) is 0 Å². The second kappa shape index (κ2) is 6.22. The number of methoxy groups -OCH3 is 1. The summed E-state index contributed by atoms with van der Waals surface area (Å²) in [7, 11) is 1.33. The van der Waals surface area contributed by atoms with E-state index < -0.39 is 23.7 Å². The smallest absolute Gasteiger partial charge is 0.411 e. The number of carbonyl (C=O) groups is 2. The highest BCUT2D eigenvalue weighted by Gasteiger charge is 2.43. The van der Waals surface area contributed by atoms with E-state index in [0.717, 1.165) is 0 Å². The van der Waals surface area contributed by atoms with Crippen LogP contribution in [0, 0.1) is 5.92 Å². The van der Waals surface area contributed by atoms with Crippen molar-refractivity contribution in [3.63, 3.8) is 0 Å². The van der Waals surface area contributed by atoms with Gasteiger partial charge in [-0.3, -0.25) is 4.90 Å². The van der Waals surface area contributed by atoms with Crippen LogP contribution in [-0.2, 0) is 19.0 Å². The number of amides is 1. The number of ether oxygens (including phenoxy) is 3. The predicted molar refractivity (Wildman–Crippen MR) is 75.8 cm³/mol. The Balaban J connectivity index is 1.97. The molecule has 0 aromatic heterocycles. The third-order valence-electron chi connectivity index (χ3n) is 3.63. The number of hydrogen-bond donors (Lipinski definition) is 0. The van der Waals surface area contributed by atoms with Gasteiger partial charge in [-0.2, -0.15) is 0 Å². The van der Waals surface area contributed by atoms with Gasteiger partial charge in [0, 0.05) is 13.0 Å². The molecule has 0 aromatic rings. The lowest BCUT2D eigenvalue weighted by Crippen LogP contribution is -2.44. The van der Waals surface area contributed by atoms with Gasteiger partial charge in [-0.1, -0.05) is 0 Å². The molecule has 0 spiro atoms. The summed E-state index contributed by atoms with van der Waals surface area (Å²) in [5, 5.41) is 0. The third-order valence-corrected chi connectivity index (χ3v) is 3.63. The zero-order chi connectivity index (χ0) is 15.6. The standard InChI is InChI=1S/C15H25NO5/c1-15(2,3)21-14(18)16-8-11(20-9-10-5-6-10)7-12(16)13(17)19-4/h10-12H,5-9H2,1-4H3/t11-,12+/m1/s1. The Kier molecular flexibility index (Phi) is 4.76. The van der Waals surface area contributed by atoms with Crippen molar-refractivity contribution in [2.45, 2.75) is 57.8 Å². The first kappa shape index (κ1) is 16.1. The molecule has 21 heavy (non-hydrogen) atoms. The fraction of sp³-hybridized carbons (Fsp3) is 0.867. The first-order valence-electron chi connectivity index (χ1n) is 7.49. The molecule has 2 aliphatic rings. The predicted octanol–water partition coefficient (Wildman–Crippen LogP) is 1.96. The van der Waals surface area contributed by atoms with Crippen molar-refractivity contribution in [2.75, 3.05) is 20.3 Å². The van der Waals surface area contributed by atoms with Crippen molar-refractivity contribution in [2.24, 2.45) is 5.92 Å². The van der Waals surface area contributed by atoms with E-state index in [1.807, 2.05) is 0 Å². The van der Waals surface area contributed by atoms with Gasteiger partial charge in [-0.15, -0.1) is 0 Å². The molecule has 0 radical (unpaired) electrons. The van der Waals surface area contributed by atoms with Crippen molar-refractivity contribution in [3.8, 4) is 0 Å². The maximum Gasteiger partial charge on any atom is 0.411 e. The van der Waals surface area contributed by atoms with Gasteiger partial charge in [0.05, 0.1) is 19.8 Å². The van der Waals surface area contributed by atoms with Crippen LogP contribution in [0.1, 0.15) is 40.0 Å². The van der Waals surface area contributed by atoms with Crippen LogP contribution in [0.3, 0.4) is 0 Å². The Bertz CT molecular complexity index is 399. The maximum atomic E-state index is 12.2. The number of likely N-dealkylation sites (tertiary alicyclic amines) is 1. The molecule has 6 heteroatoms. The average Bonchev–Trinajstić information content (AvgIpc) is 3.11. The van der Waals surface area contributed by atoms with E-state index in [-0.39, 0.29) is 6.10 Å². The van der Waals surface area contributed by atoms with Gasteiger partial charge in [0.15, 0.2) is 0 Å². The molecule has 1 aliphatic carbocycles. The highest BCUT2D eigenvalue weighted by atomic mass is 16.6. The van der Waals surface area contributed by atoms with E-state index in [1.54, 1.807) is 20.8 Å². The van der Waals surface area contributed by atoms with Gasteiger partial charge in [0.25, 0.3) is 0 Å². The maximum absolute atomic E-state index is 12.2. The third kappa shape index (κ3) is 4.59. The second-order valence-corrected chi connectivity index (χ2v) is 6.81. The van der Waals surface area contributed by atoms with Gasteiger partial charge in [-0.05, 0) is 39.5 Å².